The lowest BCUT2D eigenvalue weighted by Crippen LogP contribution is -2.42. The second-order valence-electron chi connectivity index (χ2n) is 4.83. The summed E-state index contributed by atoms with van der Waals surface area (Å²) in [6.07, 6.45) is -0.451. The Morgan fingerprint density at radius 1 is 1.17 bits per heavy atom. The number of amides is 1. The summed E-state index contributed by atoms with van der Waals surface area (Å²) < 4.78 is 30.1. The molecule has 0 aliphatic carbocycles. The normalized spacial score (nSPS) is 12.7. The molecule has 0 saturated carbocycles. The van der Waals surface area contributed by atoms with Crippen LogP contribution in [0.4, 0.5) is 0 Å². The van der Waals surface area contributed by atoms with Crippen LogP contribution in [0, 0.1) is 0 Å². The number of rotatable bonds is 6. The molecule has 0 radical (unpaired) electrons. The number of nitrogens with one attached hydrogen (secondary N) is 1. The number of fused-ring (bicyclic) bond motifs is 1. The van der Waals surface area contributed by atoms with E-state index in [0.717, 1.165) is 5.39 Å². The van der Waals surface area contributed by atoms with Gasteiger partial charge in [-0.25, -0.2) is 9.78 Å². The van der Waals surface area contributed by atoms with Gasteiger partial charge < -0.3 is 10.4 Å². The summed E-state index contributed by atoms with van der Waals surface area (Å²) >= 11 is 0. The minimum atomic E-state index is -4.31. The van der Waals surface area contributed by atoms with Crippen LogP contribution >= 0.6 is 0 Å². The van der Waals surface area contributed by atoms with E-state index in [2.05, 4.69) is 10.3 Å². The molecule has 0 bridgehead atoms. The average molecular weight is 338 g/mol. The van der Waals surface area contributed by atoms with Crippen LogP contribution in [0.3, 0.4) is 0 Å². The quantitative estimate of drug-likeness (QED) is 0.660. The van der Waals surface area contributed by atoms with Gasteiger partial charge in [-0.2, -0.15) is 8.42 Å². The van der Waals surface area contributed by atoms with Crippen molar-refractivity contribution in [3.8, 4) is 0 Å². The average Bonchev–Trinajstić information content (AvgIpc) is 2.49. The molecule has 0 aliphatic heterocycles. The van der Waals surface area contributed by atoms with Gasteiger partial charge in [0.25, 0.3) is 16.0 Å². The van der Waals surface area contributed by atoms with Gasteiger partial charge in [0.05, 0.1) is 11.3 Å². The molecule has 9 heteroatoms. The van der Waals surface area contributed by atoms with Crippen molar-refractivity contribution in [2.75, 3.05) is 5.75 Å². The van der Waals surface area contributed by atoms with Gasteiger partial charge in [-0.05, 0) is 18.6 Å². The van der Waals surface area contributed by atoms with Crippen molar-refractivity contribution in [3.63, 3.8) is 0 Å². The topological polar surface area (TPSA) is 134 Å². The molecule has 0 aliphatic rings. The minimum absolute atomic E-state index is 0.0156. The standard InChI is InChI=1S/C14H14N2O6S/c17-13(16-12(14(18)19)7-8-23(20,21)22)11-6-5-9-3-1-2-4-10(9)15-11/h1-6,12H,7-8H2,(H,16,17)(H,18,19)(H,20,21,22)/t12-/m0/s1. The van der Waals surface area contributed by atoms with E-state index >= 15 is 0 Å². The molecule has 2 rings (SSSR count). The maximum absolute atomic E-state index is 12.1. The maximum atomic E-state index is 12.1. The number of hydrogen-bond acceptors (Lipinski definition) is 5. The van der Waals surface area contributed by atoms with Crippen molar-refractivity contribution in [2.24, 2.45) is 0 Å². The second kappa shape index (κ2) is 6.71. The van der Waals surface area contributed by atoms with E-state index in [-0.39, 0.29) is 5.69 Å². The Labute approximate surface area is 131 Å². The van der Waals surface area contributed by atoms with Gasteiger partial charge in [-0.3, -0.25) is 9.35 Å². The Balaban J connectivity index is 2.15. The van der Waals surface area contributed by atoms with Gasteiger partial charge >= 0.3 is 5.97 Å². The van der Waals surface area contributed by atoms with Crippen LogP contribution in [0.15, 0.2) is 36.4 Å². The molecule has 1 amide bonds. The summed E-state index contributed by atoms with van der Waals surface area (Å²) in [6, 6.07) is 8.76. The predicted molar refractivity (Wildman–Crippen MR) is 81.7 cm³/mol. The van der Waals surface area contributed by atoms with Crippen molar-refractivity contribution in [2.45, 2.75) is 12.5 Å². The number of hydrogen-bond donors (Lipinski definition) is 3. The molecule has 0 unspecified atom stereocenters. The number of aliphatic carboxylic acids is 1. The van der Waals surface area contributed by atoms with E-state index in [1.54, 1.807) is 18.2 Å². The number of nitrogens with zero attached hydrogens (tertiary/aromatic N) is 1. The maximum Gasteiger partial charge on any atom is 0.326 e. The number of pyridine rings is 1. The summed E-state index contributed by atoms with van der Waals surface area (Å²) in [5.74, 6) is -2.91. The molecular formula is C14H14N2O6S. The molecule has 8 nitrogen and oxygen atoms in total. The highest BCUT2D eigenvalue weighted by Gasteiger charge is 2.23. The number of carbonyl (C=O) groups excluding carboxylic acids is 1. The van der Waals surface area contributed by atoms with Crippen LogP contribution < -0.4 is 5.32 Å². The largest absolute Gasteiger partial charge is 0.480 e. The van der Waals surface area contributed by atoms with E-state index in [4.69, 9.17) is 9.66 Å². The Kier molecular flexibility index (Phi) is 4.92. The predicted octanol–water partition coefficient (Wildman–Crippen LogP) is 0.696. The summed E-state index contributed by atoms with van der Waals surface area (Å²) in [5.41, 5.74) is 0.590. The molecule has 1 aromatic carbocycles. The van der Waals surface area contributed by atoms with Crippen molar-refractivity contribution < 1.29 is 27.7 Å². The third-order valence-electron chi connectivity index (χ3n) is 3.10. The number of carbonyl (C=O) groups is 2. The van der Waals surface area contributed by atoms with Crippen LogP contribution in [-0.4, -0.2) is 46.7 Å². The first-order valence-electron chi connectivity index (χ1n) is 6.61. The van der Waals surface area contributed by atoms with Crippen LogP contribution in [0.2, 0.25) is 0 Å². The van der Waals surface area contributed by atoms with Crippen LogP contribution in [0.5, 0.6) is 0 Å². The van der Waals surface area contributed by atoms with Crippen molar-refractivity contribution in [3.05, 3.63) is 42.1 Å². The van der Waals surface area contributed by atoms with Crippen molar-refractivity contribution in [1.82, 2.24) is 10.3 Å². The fourth-order valence-corrected chi connectivity index (χ4v) is 2.48. The highest BCUT2D eigenvalue weighted by molar-refractivity contribution is 7.85. The van der Waals surface area contributed by atoms with Crippen molar-refractivity contribution >= 4 is 32.9 Å². The monoisotopic (exact) mass is 338 g/mol. The van der Waals surface area contributed by atoms with Gasteiger partial charge in [-0.15, -0.1) is 0 Å². The molecule has 0 spiro atoms. The SMILES string of the molecule is O=C(N[C@@H](CCS(=O)(=O)O)C(=O)O)c1ccc2ccccc2n1. The smallest absolute Gasteiger partial charge is 0.326 e. The van der Waals surface area contributed by atoms with Gasteiger partial charge in [-0.1, -0.05) is 24.3 Å². The van der Waals surface area contributed by atoms with Gasteiger partial charge in [0.2, 0.25) is 0 Å². The second-order valence-corrected chi connectivity index (χ2v) is 6.40. The van der Waals surface area contributed by atoms with E-state index in [1.807, 2.05) is 12.1 Å². The van der Waals surface area contributed by atoms with Gasteiger partial charge in [0.15, 0.2) is 0 Å². The van der Waals surface area contributed by atoms with Crippen LogP contribution in [-0.2, 0) is 14.9 Å². The minimum Gasteiger partial charge on any atom is -0.480 e. The first-order valence-corrected chi connectivity index (χ1v) is 8.22. The van der Waals surface area contributed by atoms with Gasteiger partial charge in [0, 0.05) is 5.39 Å². The lowest BCUT2D eigenvalue weighted by molar-refractivity contribution is -0.139. The molecule has 0 fully saturated rings. The summed E-state index contributed by atoms with van der Waals surface area (Å²) in [4.78, 5) is 27.3. The molecule has 3 N–H and O–H groups in total. The van der Waals surface area contributed by atoms with Crippen molar-refractivity contribution in [1.29, 1.82) is 0 Å². The van der Waals surface area contributed by atoms with Crippen LogP contribution in [0.25, 0.3) is 10.9 Å². The summed E-state index contributed by atoms with van der Waals surface area (Å²) in [6.45, 7) is 0. The number of carboxylic acid groups (broad SMARTS) is 1. The molecule has 122 valence electrons. The fourth-order valence-electron chi connectivity index (χ4n) is 1.95. The Morgan fingerprint density at radius 2 is 1.87 bits per heavy atom. The first kappa shape index (κ1) is 16.8. The van der Waals surface area contributed by atoms with E-state index in [9.17, 15) is 18.0 Å². The van der Waals surface area contributed by atoms with E-state index in [0.29, 0.717) is 5.52 Å². The molecule has 2 aromatic rings. The summed E-state index contributed by atoms with van der Waals surface area (Å²) in [5, 5.41) is 12.0. The fraction of sp³-hybridized carbons (Fsp3) is 0.214. The highest BCUT2D eigenvalue weighted by atomic mass is 32.2. The number of aromatic nitrogens is 1. The molecule has 1 aromatic heterocycles. The Bertz CT molecular complexity index is 849. The first-order chi connectivity index (χ1) is 10.8. The van der Waals surface area contributed by atoms with Crippen LogP contribution in [0.1, 0.15) is 16.9 Å². The number of benzene rings is 1. The third-order valence-corrected chi connectivity index (χ3v) is 3.85. The third kappa shape index (κ3) is 4.73. The highest BCUT2D eigenvalue weighted by Crippen LogP contribution is 2.12. The molecular weight excluding hydrogens is 324 g/mol. The Hall–Kier alpha value is -2.52. The zero-order chi connectivity index (χ0) is 17.0. The number of carboxylic acids is 1. The van der Waals surface area contributed by atoms with E-state index < -0.39 is 40.2 Å². The zero-order valence-corrected chi connectivity index (χ0v) is 12.7. The lowest BCUT2D eigenvalue weighted by Gasteiger charge is -2.13. The Morgan fingerprint density at radius 3 is 2.52 bits per heavy atom. The van der Waals surface area contributed by atoms with Gasteiger partial charge in [0.1, 0.15) is 11.7 Å². The van der Waals surface area contributed by atoms with E-state index in [1.165, 1.54) is 6.07 Å². The number of para-hydroxylation sites is 1. The zero-order valence-electron chi connectivity index (χ0n) is 11.8. The molecule has 23 heavy (non-hydrogen) atoms. The molecule has 0 saturated heterocycles. The molecule has 1 atom stereocenters. The lowest BCUT2D eigenvalue weighted by atomic mass is 10.2. The molecule has 1 heterocycles. The summed E-state index contributed by atoms with van der Waals surface area (Å²) in [7, 11) is -4.31.